The Bertz CT molecular complexity index is 622. The third kappa shape index (κ3) is 2.58. The monoisotopic (exact) mass is 267 g/mol. The Balaban J connectivity index is 1.91. The average molecular weight is 267 g/mol. The summed E-state index contributed by atoms with van der Waals surface area (Å²) in [4.78, 5) is 11.2. The normalized spacial score (nSPS) is 17.5. The van der Waals surface area contributed by atoms with E-state index in [9.17, 15) is 9.90 Å². The van der Waals surface area contributed by atoms with E-state index < -0.39 is 12.0 Å². The first-order valence-corrected chi connectivity index (χ1v) is 6.84. The third-order valence-electron chi connectivity index (χ3n) is 3.85. The number of carbonyl (C=O) groups is 1. The lowest BCUT2D eigenvalue weighted by atomic mass is 9.89. The fraction of sp³-hybridized carbons (Fsp3) is 0.235. The van der Waals surface area contributed by atoms with Gasteiger partial charge in [-0.3, -0.25) is 4.79 Å². The van der Waals surface area contributed by atoms with Crippen LogP contribution in [0.5, 0.6) is 0 Å². The van der Waals surface area contributed by atoms with Crippen molar-refractivity contribution in [3.05, 3.63) is 70.8 Å². The first-order chi connectivity index (χ1) is 9.74. The van der Waals surface area contributed by atoms with Crippen LogP contribution in [0, 0.1) is 0 Å². The molecule has 1 aliphatic rings. The number of aliphatic carboxylic acids is 1. The fourth-order valence-corrected chi connectivity index (χ4v) is 2.78. The van der Waals surface area contributed by atoms with E-state index in [1.807, 2.05) is 18.2 Å². The summed E-state index contributed by atoms with van der Waals surface area (Å²) in [6.07, 6.45) is 1.42. The molecule has 1 atom stereocenters. The second-order valence-corrected chi connectivity index (χ2v) is 5.19. The maximum Gasteiger partial charge on any atom is 0.321 e. The molecular formula is C17H17NO2. The van der Waals surface area contributed by atoms with Gasteiger partial charge in [-0.15, -0.1) is 0 Å². The van der Waals surface area contributed by atoms with Crippen LogP contribution in [-0.4, -0.2) is 17.1 Å². The van der Waals surface area contributed by atoms with Crippen LogP contribution in [0.2, 0.25) is 0 Å². The molecule has 0 bridgehead atoms. The number of nitrogens with one attached hydrogen (secondary N) is 1. The number of hydrogen-bond donors (Lipinski definition) is 2. The molecule has 3 rings (SSSR count). The van der Waals surface area contributed by atoms with Crippen LogP contribution >= 0.6 is 0 Å². The van der Waals surface area contributed by atoms with Crippen LogP contribution < -0.4 is 5.32 Å². The summed E-state index contributed by atoms with van der Waals surface area (Å²) in [5.41, 5.74) is 4.91. The molecule has 0 amide bonds. The highest BCUT2D eigenvalue weighted by molar-refractivity contribution is 5.74. The number of rotatable bonds is 3. The second kappa shape index (κ2) is 5.47. The van der Waals surface area contributed by atoms with Crippen LogP contribution in [0.3, 0.4) is 0 Å². The second-order valence-electron chi connectivity index (χ2n) is 5.19. The molecule has 0 saturated carbocycles. The van der Waals surface area contributed by atoms with Crippen LogP contribution in [0.1, 0.15) is 22.3 Å². The van der Waals surface area contributed by atoms with Gasteiger partial charge in [0, 0.05) is 6.54 Å². The Morgan fingerprint density at radius 1 is 1.15 bits per heavy atom. The zero-order valence-electron chi connectivity index (χ0n) is 11.2. The van der Waals surface area contributed by atoms with Gasteiger partial charge < -0.3 is 10.4 Å². The first kappa shape index (κ1) is 12.9. The van der Waals surface area contributed by atoms with Gasteiger partial charge in [0.2, 0.25) is 0 Å². The van der Waals surface area contributed by atoms with Gasteiger partial charge in [0.15, 0.2) is 0 Å². The average Bonchev–Trinajstić information content (AvgIpc) is 2.48. The van der Waals surface area contributed by atoms with Crippen molar-refractivity contribution >= 4 is 5.97 Å². The molecule has 2 aromatic rings. The predicted molar refractivity (Wildman–Crippen MR) is 77.7 cm³/mol. The van der Waals surface area contributed by atoms with Crippen molar-refractivity contribution in [2.75, 3.05) is 0 Å². The fourth-order valence-electron chi connectivity index (χ4n) is 2.78. The molecule has 0 saturated heterocycles. The van der Waals surface area contributed by atoms with E-state index in [-0.39, 0.29) is 0 Å². The maximum absolute atomic E-state index is 11.2. The Kier molecular flexibility index (Phi) is 3.52. The van der Waals surface area contributed by atoms with E-state index in [4.69, 9.17) is 0 Å². The van der Waals surface area contributed by atoms with Crippen LogP contribution in [0.25, 0.3) is 0 Å². The molecule has 0 fully saturated rings. The van der Waals surface area contributed by atoms with Crippen molar-refractivity contribution < 1.29 is 9.90 Å². The van der Waals surface area contributed by atoms with Crippen LogP contribution in [0.15, 0.2) is 48.5 Å². The van der Waals surface area contributed by atoms with Gasteiger partial charge >= 0.3 is 5.97 Å². The lowest BCUT2D eigenvalue weighted by Gasteiger charge is -2.25. The zero-order valence-corrected chi connectivity index (χ0v) is 11.2. The van der Waals surface area contributed by atoms with E-state index in [1.165, 1.54) is 22.3 Å². The quantitative estimate of drug-likeness (QED) is 0.897. The Labute approximate surface area is 118 Å². The lowest BCUT2D eigenvalue weighted by molar-refractivity contribution is -0.139. The van der Waals surface area contributed by atoms with Gasteiger partial charge in [-0.05, 0) is 35.1 Å². The highest BCUT2D eigenvalue weighted by Crippen LogP contribution is 2.23. The largest absolute Gasteiger partial charge is 0.480 e. The molecule has 0 spiro atoms. The van der Waals surface area contributed by atoms with Crippen molar-refractivity contribution in [3.63, 3.8) is 0 Å². The first-order valence-electron chi connectivity index (χ1n) is 6.84. The van der Waals surface area contributed by atoms with Crippen molar-refractivity contribution in [1.82, 2.24) is 5.32 Å². The predicted octanol–water partition coefficient (Wildman–Crippen LogP) is 2.38. The SMILES string of the molecule is O=C(O)C1Cc2c(cccc2Cc2ccccc2)CN1. The van der Waals surface area contributed by atoms with Gasteiger partial charge in [-0.25, -0.2) is 0 Å². The van der Waals surface area contributed by atoms with Crippen LogP contribution in [-0.2, 0) is 24.2 Å². The smallest absolute Gasteiger partial charge is 0.321 e. The summed E-state index contributed by atoms with van der Waals surface area (Å²) in [7, 11) is 0. The van der Waals surface area contributed by atoms with Gasteiger partial charge in [-0.1, -0.05) is 48.5 Å². The minimum Gasteiger partial charge on any atom is -0.480 e. The lowest BCUT2D eigenvalue weighted by Crippen LogP contribution is -2.42. The molecular weight excluding hydrogens is 250 g/mol. The molecule has 0 aromatic heterocycles. The molecule has 20 heavy (non-hydrogen) atoms. The summed E-state index contributed by atoms with van der Waals surface area (Å²) < 4.78 is 0. The Morgan fingerprint density at radius 3 is 2.70 bits per heavy atom. The van der Waals surface area contributed by atoms with Crippen molar-refractivity contribution in [2.45, 2.75) is 25.4 Å². The number of carboxylic acid groups (broad SMARTS) is 1. The minimum absolute atomic E-state index is 0.473. The summed E-state index contributed by atoms with van der Waals surface area (Å²) in [5.74, 6) is -0.773. The summed E-state index contributed by atoms with van der Waals surface area (Å²) >= 11 is 0. The molecule has 2 N–H and O–H groups in total. The number of carboxylic acids is 1. The molecule has 1 unspecified atom stereocenters. The van der Waals surface area contributed by atoms with Crippen molar-refractivity contribution in [1.29, 1.82) is 0 Å². The van der Waals surface area contributed by atoms with E-state index >= 15 is 0 Å². The number of hydrogen-bond acceptors (Lipinski definition) is 2. The standard InChI is InChI=1S/C17H17NO2/c19-17(20)16-10-15-13(7-4-8-14(15)11-18-16)9-12-5-2-1-3-6-12/h1-8,16,18H,9-11H2,(H,19,20). The molecule has 1 heterocycles. The molecule has 102 valence electrons. The number of fused-ring (bicyclic) bond motifs is 1. The van der Waals surface area contributed by atoms with E-state index in [2.05, 4.69) is 35.6 Å². The van der Waals surface area contributed by atoms with Gasteiger partial charge in [0.1, 0.15) is 6.04 Å². The van der Waals surface area contributed by atoms with Gasteiger partial charge in [0.25, 0.3) is 0 Å². The minimum atomic E-state index is -0.773. The molecule has 3 nitrogen and oxygen atoms in total. The van der Waals surface area contributed by atoms with Crippen molar-refractivity contribution in [2.24, 2.45) is 0 Å². The summed E-state index contributed by atoms with van der Waals surface area (Å²) in [5, 5.41) is 12.2. The van der Waals surface area contributed by atoms with Gasteiger partial charge in [-0.2, -0.15) is 0 Å². The maximum atomic E-state index is 11.2. The molecule has 0 aliphatic carbocycles. The molecule has 0 radical (unpaired) electrons. The Hall–Kier alpha value is -2.13. The Morgan fingerprint density at radius 2 is 1.95 bits per heavy atom. The summed E-state index contributed by atoms with van der Waals surface area (Å²) in [6.45, 7) is 0.634. The summed E-state index contributed by atoms with van der Waals surface area (Å²) in [6, 6.07) is 16.1. The topological polar surface area (TPSA) is 49.3 Å². The van der Waals surface area contributed by atoms with E-state index in [0.29, 0.717) is 13.0 Å². The molecule has 1 aliphatic heterocycles. The zero-order chi connectivity index (χ0) is 13.9. The molecule has 2 aromatic carbocycles. The van der Waals surface area contributed by atoms with Crippen LogP contribution in [0.4, 0.5) is 0 Å². The molecule has 3 heteroatoms. The third-order valence-corrected chi connectivity index (χ3v) is 3.85. The van der Waals surface area contributed by atoms with E-state index in [1.54, 1.807) is 0 Å². The van der Waals surface area contributed by atoms with Gasteiger partial charge in [0.05, 0.1) is 0 Å². The van der Waals surface area contributed by atoms with Crippen molar-refractivity contribution in [3.8, 4) is 0 Å². The highest BCUT2D eigenvalue weighted by Gasteiger charge is 2.25. The van der Waals surface area contributed by atoms with E-state index in [0.717, 1.165) is 6.42 Å². The number of benzene rings is 2. The highest BCUT2D eigenvalue weighted by atomic mass is 16.4.